The van der Waals surface area contributed by atoms with Gasteiger partial charge in [0.2, 0.25) is 10.0 Å². The number of para-hydroxylation sites is 1. The van der Waals surface area contributed by atoms with Crippen LogP contribution in [-0.4, -0.2) is 43.2 Å². The highest BCUT2D eigenvalue weighted by atomic mass is 79.9. The molecule has 0 aliphatic carbocycles. The summed E-state index contributed by atoms with van der Waals surface area (Å²) in [5, 5.41) is 14.0. The van der Waals surface area contributed by atoms with Gasteiger partial charge in [-0.1, -0.05) is 12.1 Å². The topological polar surface area (TPSA) is 119 Å². The zero-order valence-corrected chi connectivity index (χ0v) is 17.6. The number of rotatable bonds is 7. The number of benzene rings is 2. The second-order valence-corrected chi connectivity index (χ2v) is 9.11. The molecule has 2 aromatic carbocycles. The Labute approximate surface area is 176 Å². The zero-order valence-electron chi connectivity index (χ0n) is 15.2. The lowest BCUT2D eigenvalue weighted by atomic mass is 10.3. The Kier molecular flexibility index (Phi) is 6.50. The van der Waals surface area contributed by atoms with Crippen molar-refractivity contribution in [2.24, 2.45) is 0 Å². The number of hydrogen-bond donors (Lipinski definition) is 1. The van der Waals surface area contributed by atoms with Crippen molar-refractivity contribution in [1.29, 1.82) is 0 Å². The van der Waals surface area contributed by atoms with Crippen LogP contribution in [0.15, 0.2) is 51.8 Å². The molecule has 9 nitrogen and oxygen atoms in total. The van der Waals surface area contributed by atoms with Crippen molar-refractivity contribution in [2.45, 2.75) is 17.7 Å². The molecule has 11 heteroatoms. The summed E-state index contributed by atoms with van der Waals surface area (Å²) in [6.07, 6.45) is 1.52. The first-order valence-corrected chi connectivity index (χ1v) is 11.0. The van der Waals surface area contributed by atoms with E-state index in [0.717, 1.165) is 18.9 Å². The SMILES string of the molecule is O=C(COc1ccc(S(=O)(=O)N2CCCC2)cc1[N+](=O)[O-])Nc1ccccc1Br. The summed E-state index contributed by atoms with van der Waals surface area (Å²) in [6, 6.07) is 10.4. The highest BCUT2D eigenvalue weighted by molar-refractivity contribution is 9.10. The fourth-order valence-corrected chi connectivity index (χ4v) is 4.81. The van der Waals surface area contributed by atoms with E-state index in [1.165, 1.54) is 16.4 Å². The maximum atomic E-state index is 12.6. The molecule has 0 radical (unpaired) electrons. The Morgan fingerprint density at radius 3 is 2.55 bits per heavy atom. The number of halogens is 1. The third-order valence-electron chi connectivity index (χ3n) is 4.34. The molecular weight excluding hydrogens is 466 g/mol. The molecule has 154 valence electrons. The molecule has 0 bridgehead atoms. The van der Waals surface area contributed by atoms with E-state index in [9.17, 15) is 23.3 Å². The van der Waals surface area contributed by atoms with Gasteiger partial charge in [0.15, 0.2) is 12.4 Å². The number of carbonyl (C=O) groups excluding carboxylic acids is 1. The zero-order chi connectivity index (χ0) is 21.0. The number of nitro groups is 1. The van der Waals surface area contributed by atoms with Crippen molar-refractivity contribution in [2.75, 3.05) is 25.0 Å². The predicted octanol–water partition coefficient (Wildman–Crippen LogP) is 3.16. The minimum Gasteiger partial charge on any atom is -0.477 e. The number of nitrogens with one attached hydrogen (secondary N) is 1. The van der Waals surface area contributed by atoms with Crippen LogP contribution in [-0.2, 0) is 14.8 Å². The Morgan fingerprint density at radius 1 is 1.21 bits per heavy atom. The van der Waals surface area contributed by atoms with E-state index >= 15 is 0 Å². The van der Waals surface area contributed by atoms with E-state index in [1.54, 1.807) is 24.3 Å². The van der Waals surface area contributed by atoms with Gasteiger partial charge in [-0.25, -0.2) is 8.42 Å². The van der Waals surface area contributed by atoms with Crippen LogP contribution in [0.2, 0.25) is 0 Å². The number of hydrogen-bond acceptors (Lipinski definition) is 6. The molecule has 0 atom stereocenters. The first kappa shape index (κ1) is 21.2. The molecular formula is C18H18BrN3O6S. The molecule has 1 heterocycles. The van der Waals surface area contributed by atoms with Crippen molar-refractivity contribution in [3.8, 4) is 5.75 Å². The minimum absolute atomic E-state index is 0.170. The maximum Gasteiger partial charge on any atom is 0.312 e. The molecule has 1 N–H and O–H groups in total. The normalized spacial score (nSPS) is 14.5. The summed E-state index contributed by atoms with van der Waals surface area (Å²) < 4.78 is 32.5. The lowest BCUT2D eigenvalue weighted by Crippen LogP contribution is -2.28. The van der Waals surface area contributed by atoms with Crippen LogP contribution in [0.1, 0.15) is 12.8 Å². The predicted molar refractivity (Wildman–Crippen MR) is 109 cm³/mol. The quantitative estimate of drug-likeness (QED) is 0.477. The lowest BCUT2D eigenvalue weighted by Gasteiger charge is -2.16. The van der Waals surface area contributed by atoms with Gasteiger partial charge in [-0.15, -0.1) is 0 Å². The Bertz CT molecular complexity index is 1040. The number of ether oxygens (including phenoxy) is 1. The smallest absolute Gasteiger partial charge is 0.312 e. The minimum atomic E-state index is -3.80. The largest absolute Gasteiger partial charge is 0.477 e. The Hall–Kier alpha value is -2.50. The van der Waals surface area contributed by atoms with Gasteiger partial charge in [-0.2, -0.15) is 4.31 Å². The van der Waals surface area contributed by atoms with E-state index < -0.39 is 33.1 Å². The van der Waals surface area contributed by atoms with Crippen LogP contribution in [0.5, 0.6) is 5.75 Å². The second-order valence-electron chi connectivity index (χ2n) is 6.31. The number of sulfonamides is 1. The van der Waals surface area contributed by atoms with E-state index in [0.29, 0.717) is 23.2 Å². The number of carbonyl (C=O) groups is 1. The van der Waals surface area contributed by atoms with Crippen molar-refractivity contribution in [1.82, 2.24) is 4.31 Å². The monoisotopic (exact) mass is 483 g/mol. The second kappa shape index (κ2) is 8.89. The van der Waals surface area contributed by atoms with Crippen LogP contribution in [0, 0.1) is 10.1 Å². The van der Waals surface area contributed by atoms with Gasteiger partial charge in [0.05, 0.1) is 15.5 Å². The summed E-state index contributed by atoms with van der Waals surface area (Å²) in [5.41, 5.74) is 0.0154. The molecule has 1 aliphatic heterocycles. The lowest BCUT2D eigenvalue weighted by molar-refractivity contribution is -0.386. The molecule has 1 saturated heterocycles. The fraction of sp³-hybridized carbons (Fsp3) is 0.278. The van der Waals surface area contributed by atoms with E-state index in [4.69, 9.17) is 4.74 Å². The molecule has 1 aliphatic rings. The first-order valence-electron chi connectivity index (χ1n) is 8.75. The van der Waals surface area contributed by atoms with Gasteiger partial charge in [-0.05, 0) is 53.0 Å². The van der Waals surface area contributed by atoms with Gasteiger partial charge in [0.1, 0.15) is 0 Å². The van der Waals surface area contributed by atoms with Crippen LogP contribution in [0.3, 0.4) is 0 Å². The highest BCUT2D eigenvalue weighted by Gasteiger charge is 2.30. The highest BCUT2D eigenvalue weighted by Crippen LogP contribution is 2.32. The molecule has 0 aromatic heterocycles. The summed E-state index contributed by atoms with van der Waals surface area (Å²) >= 11 is 3.30. The van der Waals surface area contributed by atoms with Gasteiger partial charge >= 0.3 is 5.69 Å². The summed E-state index contributed by atoms with van der Waals surface area (Å²) in [4.78, 5) is 22.6. The van der Waals surface area contributed by atoms with Crippen LogP contribution < -0.4 is 10.1 Å². The molecule has 1 fully saturated rings. The first-order chi connectivity index (χ1) is 13.8. The van der Waals surface area contributed by atoms with Gasteiger partial charge < -0.3 is 10.1 Å². The van der Waals surface area contributed by atoms with Gasteiger partial charge in [0.25, 0.3) is 5.91 Å². The van der Waals surface area contributed by atoms with Crippen LogP contribution in [0.4, 0.5) is 11.4 Å². The number of anilines is 1. The number of amides is 1. The molecule has 0 saturated carbocycles. The van der Waals surface area contributed by atoms with E-state index in [1.807, 2.05) is 0 Å². The fourth-order valence-electron chi connectivity index (χ4n) is 2.89. The summed E-state index contributed by atoms with van der Waals surface area (Å²) in [7, 11) is -3.80. The van der Waals surface area contributed by atoms with Crippen LogP contribution in [0.25, 0.3) is 0 Å². The van der Waals surface area contributed by atoms with Crippen molar-refractivity contribution in [3.05, 3.63) is 57.1 Å². The molecule has 3 rings (SSSR count). The van der Waals surface area contributed by atoms with E-state index in [2.05, 4.69) is 21.2 Å². The molecule has 29 heavy (non-hydrogen) atoms. The molecule has 1 amide bonds. The number of nitro benzene ring substituents is 1. The molecule has 0 spiro atoms. The standard InChI is InChI=1S/C18H18BrN3O6S/c19-14-5-1-2-6-15(14)20-18(23)12-28-17-8-7-13(11-16(17)22(24)25)29(26,27)21-9-3-4-10-21/h1-2,5-8,11H,3-4,9-10,12H2,(H,20,23). The molecule has 0 unspecified atom stereocenters. The van der Waals surface area contributed by atoms with Crippen molar-refractivity contribution < 1.29 is 22.9 Å². The maximum absolute atomic E-state index is 12.6. The van der Waals surface area contributed by atoms with Gasteiger partial charge in [0, 0.05) is 23.6 Å². The average Bonchev–Trinajstić information content (AvgIpc) is 3.23. The summed E-state index contributed by atoms with van der Waals surface area (Å²) in [5.74, 6) is -0.697. The van der Waals surface area contributed by atoms with E-state index in [-0.39, 0.29) is 10.6 Å². The van der Waals surface area contributed by atoms with Crippen LogP contribution >= 0.6 is 15.9 Å². The molecule has 2 aromatic rings. The third kappa shape index (κ3) is 4.92. The van der Waals surface area contributed by atoms with Crippen molar-refractivity contribution in [3.63, 3.8) is 0 Å². The number of nitrogens with zero attached hydrogens (tertiary/aromatic N) is 2. The van der Waals surface area contributed by atoms with Crippen molar-refractivity contribution >= 4 is 43.2 Å². The van der Waals surface area contributed by atoms with Gasteiger partial charge in [-0.3, -0.25) is 14.9 Å². The average molecular weight is 484 g/mol. The third-order valence-corrected chi connectivity index (χ3v) is 6.92. The Balaban J connectivity index is 1.75. The Morgan fingerprint density at radius 2 is 1.90 bits per heavy atom. The summed E-state index contributed by atoms with van der Waals surface area (Å²) in [6.45, 7) is 0.313.